The van der Waals surface area contributed by atoms with Crippen LogP contribution in [0, 0.1) is 27.7 Å². The number of aromatic nitrogens is 1. The van der Waals surface area contributed by atoms with E-state index < -0.39 is 0 Å². The highest BCUT2D eigenvalue weighted by molar-refractivity contribution is 7.22. The van der Waals surface area contributed by atoms with Crippen LogP contribution in [0.15, 0.2) is 30.3 Å². The number of thiazole rings is 1. The van der Waals surface area contributed by atoms with Crippen molar-refractivity contribution in [1.29, 1.82) is 0 Å². The molecule has 5 heteroatoms. The van der Waals surface area contributed by atoms with E-state index in [4.69, 9.17) is 4.98 Å². The lowest BCUT2D eigenvalue weighted by molar-refractivity contribution is -0.114. The molecule has 3 rings (SSSR count). The second-order valence-corrected chi connectivity index (χ2v) is 7.50. The molecule has 0 aliphatic carbocycles. The summed E-state index contributed by atoms with van der Waals surface area (Å²) in [6.07, 6.45) is 0. The van der Waals surface area contributed by atoms with E-state index in [0.717, 1.165) is 27.5 Å². The standard InChI is InChI=1S/C20H23N3OS/c1-12-7-6-8-16(15(12)4)21-17(24)11-23(5)20-22-18-13(2)9-10-14(3)19(18)25-20/h6-10H,11H2,1-5H3,(H,21,24). The lowest BCUT2D eigenvalue weighted by atomic mass is 10.1. The first-order valence-electron chi connectivity index (χ1n) is 8.30. The third-order valence-electron chi connectivity index (χ3n) is 4.52. The maximum Gasteiger partial charge on any atom is 0.243 e. The zero-order valence-electron chi connectivity index (χ0n) is 15.3. The maximum absolute atomic E-state index is 12.4. The number of benzene rings is 2. The number of nitrogens with zero attached hydrogens (tertiary/aromatic N) is 2. The zero-order valence-corrected chi connectivity index (χ0v) is 16.1. The first kappa shape index (κ1) is 17.4. The quantitative estimate of drug-likeness (QED) is 0.745. The van der Waals surface area contributed by atoms with Gasteiger partial charge in [0.15, 0.2) is 5.13 Å². The van der Waals surface area contributed by atoms with Gasteiger partial charge >= 0.3 is 0 Å². The molecule has 0 radical (unpaired) electrons. The van der Waals surface area contributed by atoms with Gasteiger partial charge in [0, 0.05) is 12.7 Å². The Balaban J connectivity index is 1.77. The van der Waals surface area contributed by atoms with Crippen molar-refractivity contribution in [2.24, 2.45) is 0 Å². The molecule has 0 unspecified atom stereocenters. The summed E-state index contributed by atoms with van der Waals surface area (Å²) in [5, 5.41) is 3.87. The van der Waals surface area contributed by atoms with Crippen LogP contribution in [0.1, 0.15) is 22.3 Å². The van der Waals surface area contributed by atoms with Crippen LogP contribution in [-0.2, 0) is 4.79 Å². The molecule has 0 saturated heterocycles. The summed E-state index contributed by atoms with van der Waals surface area (Å²) in [6.45, 7) is 8.50. The van der Waals surface area contributed by atoms with Crippen LogP contribution in [-0.4, -0.2) is 24.5 Å². The molecular weight excluding hydrogens is 330 g/mol. The van der Waals surface area contributed by atoms with Crippen molar-refractivity contribution >= 4 is 38.3 Å². The van der Waals surface area contributed by atoms with Gasteiger partial charge in [-0.05, 0) is 56.0 Å². The van der Waals surface area contributed by atoms with Crippen LogP contribution >= 0.6 is 11.3 Å². The first-order chi connectivity index (χ1) is 11.9. The summed E-state index contributed by atoms with van der Waals surface area (Å²) in [5.41, 5.74) is 6.55. The third kappa shape index (κ3) is 3.51. The Labute approximate surface area is 152 Å². The summed E-state index contributed by atoms with van der Waals surface area (Å²) in [5.74, 6) is -0.0381. The van der Waals surface area contributed by atoms with E-state index in [-0.39, 0.29) is 12.5 Å². The second-order valence-electron chi connectivity index (χ2n) is 6.53. The van der Waals surface area contributed by atoms with Crippen LogP contribution in [0.25, 0.3) is 10.2 Å². The van der Waals surface area contributed by atoms with Gasteiger partial charge in [0.2, 0.25) is 5.91 Å². The lowest BCUT2D eigenvalue weighted by Crippen LogP contribution is -2.30. The van der Waals surface area contributed by atoms with Crippen molar-refractivity contribution in [3.63, 3.8) is 0 Å². The molecule has 1 heterocycles. The van der Waals surface area contributed by atoms with Gasteiger partial charge in [-0.3, -0.25) is 4.79 Å². The summed E-state index contributed by atoms with van der Waals surface area (Å²) < 4.78 is 1.19. The van der Waals surface area contributed by atoms with Crippen LogP contribution in [0.5, 0.6) is 0 Å². The number of hydrogen-bond donors (Lipinski definition) is 1. The van der Waals surface area contributed by atoms with E-state index in [1.54, 1.807) is 11.3 Å². The summed E-state index contributed by atoms with van der Waals surface area (Å²) >= 11 is 1.63. The topological polar surface area (TPSA) is 45.2 Å². The average molecular weight is 353 g/mol. The lowest BCUT2D eigenvalue weighted by Gasteiger charge is -2.16. The number of fused-ring (bicyclic) bond motifs is 1. The van der Waals surface area contributed by atoms with Gasteiger partial charge in [0.05, 0.1) is 16.8 Å². The Morgan fingerprint density at radius 1 is 1.08 bits per heavy atom. The number of nitrogens with one attached hydrogen (secondary N) is 1. The van der Waals surface area contributed by atoms with Crippen molar-refractivity contribution in [3.8, 4) is 0 Å². The van der Waals surface area contributed by atoms with Gasteiger partial charge in [-0.15, -0.1) is 0 Å². The highest BCUT2D eigenvalue weighted by Crippen LogP contribution is 2.32. The van der Waals surface area contributed by atoms with E-state index in [1.165, 1.54) is 15.8 Å². The van der Waals surface area contributed by atoms with Crippen molar-refractivity contribution in [2.45, 2.75) is 27.7 Å². The van der Waals surface area contributed by atoms with Gasteiger partial charge in [-0.2, -0.15) is 0 Å². The molecule has 1 amide bonds. The minimum absolute atomic E-state index is 0.0381. The highest BCUT2D eigenvalue weighted by Gasteiger charge is 2.15. The smallest absolute Gasteiger partial charge is 0.243 e. The zero-order chi connectivity index (χ0) is 18.1. The average Bonchev–Trinajstić information content (AvgIpc) is 3.02. The molecule has 25 heavy (non-hydrogen) atoms. The van der Waals surface area contributed by atoms with E-state index in [2.05, 4.69) is 31.3 Å². The molecule has 0 saturated carbocycles. The summed E-state index contributed by atoms with van der Waals surface area (Å²) in [7, 11) is 1.91. The van der Waals surface area contributed by atoms with Crippen molar-refractivity contribution < 1.29 is 4.79 Å². The van der Waals surface area contributed by atoms with Crippen LogP contribution in [0.2, 0.25) is 0 Å². The Morgan fingerprint density at radius 2 is 1.80 bits per heavy atom. The summed E-state index contributed by atoms with van der Waals surface area (Å²) in [6, 6.07) is 10.1. The van der Waals surface area contributed by atoms with E-state index in [0.29, 0.717) is 0 Å². The molecule has 0 bridgehead atoms. The molecule has 0 aliphatic rings. The maximum atomic E-state index is 12.4. The Bertz CT molecular complexity index is 907. The SMILES string of the molecule is Cc1cccc(NC(=O)CN(C)c2nc3c(C)ccc(C)c3s2)c1C. The molecule has 0 fully saturated rings. The molecule has 4 nitrogen and oxygen atoms in total. The minimum atomic E-state index is -0.0381. The van der Waals surface area contributed by atoms with E-state index in [1.807, 2.05) is 44.0 Å². The normalized spacial score (nSPS) is 10.9. The van der Waals surface area contributed by atoms with Crippen molar-refractivity contribution in [2.75, 3.05) is 23.8 Å². The highest BCUT2D eigenvalue weighted by atomic mass is 32.1. The fourth-order valence-electron chi connectivity index (χ4n) is 2.77. The Hall–Kier alpha value is -2.40. The molecule has 130 valence electrons. The predicted molar refractivity (Wildman–Crippen MR) is 107 cm³/mol. The molecule has 1 N–H and O–H groups in total. The fourth-order valence-corrected chi connectivity index (χ4v) is 3.84. The number of carbonyl (C=O) groups excluding carboxylic acids is 1. The molecule has 0 aliphatic heterocycles. The molecule has 2 aromatic carbocycles. The number of amides is 1. The largest absolute Gasteiger partial charge is 0.342 e. The van der Waals surface area contributed by atoms with Crippen molar-refractivity contribution in [1.82, 2.24) is 4.98 Å². The van der Waals surface area contributed by atoms with Crippen LogP contribution in [0.4, 0.5) is 10.8 Å². The van der Waals surface area contributed by atoms with Crippen LogP contribution < -0.4 is 10.2 Å². The van der Waals surface area contributed by atoms with Gasteiger partial charge < -0.3 is 10.2 Å². The predicted octanol–water partition coefficient (Wildman–Crippen LogP) is 4.60. The number of anilines is 2. The number of carbonyl (C=O) groups is 1. The Kier molecular flexibility index (Phi) is 4.77. The third-order valence-corrected chi connectivity index (χ3v) is 5.82. The van der Waals surface area contributed by atoms with Gasteiger partial charge in [-0.25, -0.2) is 4.98 Å². The Morgan fingerprint density at radius 3 is 2.52 bits per heavy atom. The van der Waals surface area contributed by atoms with E-state index >= 15 is 0 Å². The molecule has 0 atom stereocenters. The fraction of sp³-hybridized carbons (Fsp3) is 0.300. The van der Waals surface area contributed by atoms with Crippen LogP contribution in [0.3, 0.4) is 0 Å². The minimum Gasteiger partial charge on any atom is -0.342 e. The monoisotopic (exact) mass is 353 g/mol. The molecular formula is C20H23N3OS. The first-order valence-corrected chi connectivity index (χ1v) is 9.12. The summed E-state index contributed by atoms with van der Waals surface area (Å²) in [4.78, 5) is 19.1. The number of hydrogen-bond acceptors (Lipinski definition) is 4. The molecule has 0 spiro atoms. The number of likely N-dealkylation sites (N-methyl/N-ethyl adjacent to an activating group) is 1. The number of aryl methyl sites for hydroxylation is 3. The second kappa shape index (κ2) is 6.84. The van der Waals surface area contributed by atoms with Gasteiger partial charge in [-0.1, -0.05) is 35.6 Å². The van der Waals surface area contributed by atoms with E-state index in [9.17, 15) is 4.79 Å². The molecule has 3 aromatic rings. The van der Waals surface area contributed by atoms with Crippen molar-refractivity contribution in [3.05, 3.63) is 52.6 Å². The van der Waals surface area contributed by atoms with Gasteiger partial charge in [0.25, 0.3) is 0 Å². The van der Waals surface area contributed by atoms with Gasteiger partial charge in [0.1, 0.15) is 0 Å². The molecule has 1 aromatic heterocycles. The number of rotatable bonds is 4.